The molecule has 144 valence electrons. The minimum Gasteiger partial charge on any atom is -0.335 e. The number of para-hydroxylation sites is 1. The molecule has 1 atom stereocenters. The quantitative estimate of drug-likeness (QED) is 0.655. The lowest BCUT2D eigenvalue weighted by Gasteiger charge is -2.27. The number of hydrogen-bond acceptors (Lipinski definition) is 3. The van der Waals surface area contributed by atoms with Gasteiger partial charge in [-0.3, -0.25) is 14.5 Å². The van der Waals surface area contributed by atoms with Gasteiger partial charge in [0, 0.05) is 12.2 Å². The summed E-state index contributed by atoms with van der Waals surface area (Å²) >= 11 is 0. The van der Waals surface area contributed by atoms with Crippen LogP contribution in [0.5, 0.6) is 0 Å². The summed E-state index contributed by atoms with van der Waals surface area (Å²) in [4.78, 5) is 39.4. The minimum absolute atomic E-state index is 0.0914. The molecule has 6 heteroatoms. The molecule has 1 aliphatic heterocycles. The maximum Gasteiger partial charge on any atom is 0.319 e. The van der Waals surface area contributed by atoms with Gasteiger partial charge in [0.05, 0.1) is 17.2 Å². The smallest absolute Gasteiger partial charge is 0.319 e. The summed E-state index contributed by atoms with van der Waals surface area (Å²) in [5, 5.41) is 5.52. The van der Waals surface area contributed by atoms with Gasteiger partial charge < -0.3 is 10.6 Å². The summed E-state index contributed by atoms with van der Waals surface area (Å²) in [5.74, 6) is -0.713. The molecule has 0 saturated heterocycles. The van der Waals surface area contributed by atoms with Crippen LogP contribution >= 0.6 is 0 Å². The molecule has 0 radical (unpaired) electrons. The normalized spacial score (nSPS) is 13.7. The molecule has 4 amide bonds. The Labute approximate surface area is 168 Å². The topological polar surface area (TPSA) is 78.5 Å². The Morgan fingerprint density at radius 1 is 0.759 bits per heavy atom. The van der Waals surface area contributed by atoms with E-state index in [2.05, 4.69) is 10.6 Å². The molecule has 29 heavy (non-hydrogen) atoms. The van der Waals surface area contributed by atoms with Crippen LogP contribution < -0.4 is 10.6 Å². The van der Waals surface area contributed by atoms with Crippen LogP contribution in [0.15, 0.2) is 84.9 Å². The van der Waals surface area contributed by atoms with E-state index in [1.165, 1.54) is 4.90 Å². The first-order valence-corrected chi connectivity index (χ1v) is 9.27. The van der Waals surface area contributed by atoms with Gasteiger partial charge in [0.1, 0.15) is 0 Å². The minimum atomic E-state index is -0.620. The highest BCUT2D eigenvalue weighted by molar-refractivity contribution is 6.21. The van der Waals surface area contributed by atoms with Gasteiger partial charge in [-0.25, -0.2) is 4.79 Å². The molecule has 0 aliphatic carbocycles. The lowest BCUT2D eigenvalue weighted by atomic mass is 10.1. The average Bonchev–Trinajstić information content (AvgIpc) is 3.01. The van der Waals surface area contributed by atoms with Gasteiger partial charge in [-0.05, 0) is 29.8 Å². The van der Waals surface area contributed by atoms with Crippen LogP contribution in [-0.4, -0.2) is 29.3 Å². The SMILES string of the molecule is O=C(NCC(c1ccccc1)N1C(=O)c2ccccc2C1=O)Nc1ccccc1. The van der Waals surface area contributed by atoms with Crippen molar-refractivity contribution in [3.8, 4) is 0 Å². The number of rotatable bonds is 5. The molecule has 0 aromatic heterocycles. The average molecular weight is 385 g/mol. The number of hydrogen-bond donors (Lipinski definition) is 2. The Hall–Kier alpha value is -3.93. The summed E-state index contributed by atoms with van der Waals surface area (Å²) in [5.41, 5.74) is 2.18. The first-order valence-electron chi connectivity index (χ1n) is 9.27. The molecule has 0 fully saturated rings. The van der Waals surface area contributed by atoms with E-state index in [1.807, 2.05) is 48.5 Å². The molecule has 0 spiro atoms. The monoisotopic (exact) mass is 385 g/mol. The van der Waals surface area contributed by atoms with Crippen molar-refractivity contribution in [1.29, 1.82) is 0 Å². The number of carbonyl (C=O) groups excluding carboxylic acids is 3. The largest absolute Gasteiger partial charge is 0.335 e. The lowest BCUT2D eigenvalue weighted by Crippen LogP contribution is -2.42. The molecule has 3 aromatic carbocycles. The summed E-state index contributed by atoms with van der Waals surface area (Å²) in [6.07, 6.45) is 0. The summed E-state index contributed by atoms with van der Waals surface area (Å²) < 4.78 is 0. The number of carbonyl (C=O) groups is 3. The third kappa shape index (κ3) is 3.73. The van der Waals surface area contributed by atoms with Gasteiger partial charge >= 0.3 is 6.03 Å². The lowest BCUT2D eigenvalue weighted by molar-refractivity contribution is 0.0582. The van der Waals surface area contributed by atoms with Crippen LogP contribution in [0, 0.1) is 0 Å². The van der Waals surface area contributed by atoms with Crippen LogP contribution in [-0.2, 0) is 0 Å². The molecule has 2 N–H and O–H groups in total. The summed E-state index contributed by atoms with van der Waals surface area (Å²) in [6.45, 7) is 0.0914. The molecule has 0 saturated carbocycles. The Balaban J connectivity index is 1.56. The molecular formula is C23H19N3O3. The van der Waals surface area contributed by atoms with E-state index in [4.69, 9.17) is 0 Å². The summed E-state index contributed by atoms with van der Waals surface area (Å²) in [7, 11) is 0. The van der Waals surface area contributed by atoms with Crippen LogP contribution in [0.25, 0.3) is 0 Å². The molecule has 0 bridgehead atoms. The highest BCUT2D eigenvalue weighted by Gasteiger charge is 2.40. The van der Waals surface area contributed by atoms with Crippen LogP contribution in [0.2, 0.25) is 0 Å². The first kappa shape index (κ1) is 18.4. The van der Waals surface area contributed by atoms with E-state index in [9.17, 15) is 14.4 Å². The van der Waals surface area contributed by atoms with E-state index in [0.29, 0.717) is 16.8 Å². The molecule has 6 nitrogen and oxygen atoms in total. The fourth-order valence-corrected chi connectivity index (χ4v) is 3.41. The zero-order chi connectivity index (χ0) is 20.2. The predicted octanol–water partition coefficient (Wildman–Crippen LogP) is 3.85. The number of nitrogens with one attached hydrogen (secondary N) is 2. The molecule has 1 unspecified atom stereocenters. The van der Waals surface area contributed by atoms with Gasteiger partial charge in [0.15, 0.2) is 0 Å². The number of benzene rings is 3. The molecule has 3 aromatic rings. The van der Waals surface area contributed by atoms with Crippen molar-refractivity contribution in [2.24, 2.45) is 0 Å². The fourth-order valence-electron chi connectivity index (χ4n) is 3.41. The van der Waals surface area contributed by atoms with Gasteiger partial charge in [-0.2, -0.15) is 0 Å². The number of amides is 4. The van der Waals surface area contributed by atoms with Gasteiger partial charge in [0.2, 0.25) is 0 Å². The number of fused-ring (bicyclic) bond motifs is 1. The van der Waals surface area contributed by atoms with E-state index < -0.39 is 12.1 Å². The highest BCUT2D eigenvalue weighted by Crippen LogP contribution is 2.31. The predicted molar refractivity (Wildman–Crippen MR) is 110 cm³/mol. The van der Waals surface area contributed by atoms with Crippen LogP contribution in [0.4, 0.5) is 10.5 Å². The second-order valence-electron chi connectivity index (χ2n) is 6.65. The van der Waals surface area contributed by atoms with E-state index >= 15 is 0 Å². The van der Waals surface area contributed by atoms with Crippen molar-refractivity contribution in [2.75, 3.05) is 11.9 Å². The van der Waals surface area contributed by atoms with Gasteiger partial charge in [0.25, 0.3) is 11.8 Å². The Kier molecular flexibility index (Phi) is 5.07. The van der Waals surface area contributed by atoms with Crippen molar-refractivity contribution < 1.29 is 14.4 Å². The van der Waals surface area contributed by atoms with E-state index in [1.54, 1.807) is 36.4 Å². The second-order valence-corrected chi connectivity index (χ2v) is 6.65. The Morgan fingerprint density at radius 2 is 1.28 bits per heavy atom. The number of nitrogens with zero attached hydrogens (tertiary/aromatic N) is 1. The Bertz CT molecular complexity index is 1020. The molecule has 4 rings (SSSR count). The standard InChI is InChI=1S/C23H19N3O3/c27-21-18-13-7-8-14-19(18)22(28)26(21)20(16-9-3-1-4-10-16)15-24-23(29)25-17-11-5-2-6-12-17/h1-14,20H,15H2,(H2,24,25,29). The number of imide groups is 1. The van der Waals surface area contributed by atoms with Crippen molar-refractivity contribution in [3.63, 3.8) is 0 Å². The third-order valence-electron chi connectivity index (χ3n) is 4.81. The van der Waals surface area contributed by atoms with Crippen molar-refractivity contribution >= 4 is 23.5 Å². The number of urea groups is 1. The molecular weight excluding hydrogens is 366 g/mol. The van der Waals surface area contributed by atoms with Crippen molar-refractivity contribution in [3.05, 3.63) is 102 Å². The van der Waals surface area contributed by atoms with Crippen molar-refractivity contribution in [1.82, 2.24) is 10.2 Å². The fraction of sp³-hybridized carbons (Fsp3) is 0.0870. The summed E-state index contributed by atoms with van der Waals surface area (Å²) in [6, 6.07) is 24.0. The maximum atomic E-state index is 12.9. The molecule has 1 aliphatic rings. The maximum absolute atomic E-state index is 12.9. The number of anilines is 1. The van der Waals surface area contributed by atoms with Crippen LogP contribution in [0.1, 0.15) is 32.3 Å². The zero-order valence-corrected chi connectivity index (χ0v) is 15.5. The highest BCUT2D eigenvalue weighted by atomic mass is 16.2. The second kappa shape index (κ2) is 7.98. The van der Waals surface area contributed by atoms with Crippen LogP contribution in [0.3, 0.4) is 0 Å². The molecule has 1 heterocycles. The third-order valence-corrected chi connectivity index (χ3v) is 4.81. The Morgan fingerprint density at radius 3 is 1.86 bits per heavy atom. The van der Waals surface area contributed by atoms with Gasteiger partial charge in [-0.1, -0.05) is 60.7 Å². The first-order chi connectivity index (χ1) is 14.1. The van der Waals surface area contributed by atoms with E-state index in [0.717, 1.165) is 5.56 Å². The van der Waals surface area contributed by atoms with E-state index in [-0.39, 0.29) is 18.4 Å². The zero-order valence-electron chi connectivity index (χ0n) is 15.5. The van der Waals surface area contributed by atoms with Gasteiger partial charge in [-0.15, -0.1) is 0 Å². The van der Waals surface area contributed by atoms with Crippen molar-refractivity contribution in [2.45, 2.75) is 6.04 Å².